The second-order valence-electron chi connectivity index (χ2n) is 3.59. The maximum atomic E-state index is 5.91. The van der Waals surface area contributed by atoms with Crippen LogP contribution in [0.3, 0.4) is 0 Å². The van der Waals surface area contributed by atoms with E-state index in [4.69, 9.17) is 23.2 Å². The largest absolute Gasteiger partial charge is 0.231 e. The van der Waals surface area contributed by atoms with Crippen molar-refractivity contribution < 1.29 is 0 Å². The topological polar surface area (TPSA) is 25.8 Å². The van der Waals surface area contributed by atoms with Gasteiger partial charge >= 0.3 is 0 Å². The predicted octanol–water partition coefficient (Wildman–Crippen LogP) is 4.06. The molecule has 0 aliphatic rings. The molecule has 0 bridgehead atoms. The summed E-state index contributed by atoms with van der Waals surface area (Å²) in [6.45, 7) is 4.18. The van der Waals surface area contributed by atoms with Crippen LogP contribution in [0.1, 0.15) is 25.0 Å². The van der Waals surface area contributed by atoms with E-state index in [1.165, 1.54) is 0 Å². The molecule has 4 heteroatoms. The smallest absolute Gasteiger partial charge is 0.167 e. The molecule has 0 fully saturated rings. The van der Waals surface area contributed by atoms with E-state index >= 15 is 0 Å². The molecule has 2 nitrogen and oxygen atoms in total. The highest BCUT2D eigenvalue weighted by molar-refractivity contribution is 6.40. The van der Waals surface area contributed by atoms with Gasteiger partial charge in [0, 0.05) is 0 Å². The molecule has 0 spiro atoms. The van der Waals surface area contributed by atoms with E-state index in [1.807, 2.05) is 0 Å². The second-order valence-corrected chi connectivity index (χ2v) is 4.31. The molecule has 0 aliphatic carbocycles. The molecular formula is C12H12Cl2N2. The summed E-state index contributed by atoms with van der Waals surface area (Å²) in [4.78, 5) is 8.65. The van der Waals surface area contributed by atoms with Gasteiger partial charge in [-0.05, 0) is 24.0 Å². The van der Waals surface area contributed by atoms with E-state index in [0.29, 0.717) is 0 Å². The van der Waals surface area contributed by atoms with E-state index in [1.54, 1.807) is 0 Å². The van der Waals surface area contributed by atoms with Crippen molar-refractivity contribution in [1.29, 1.82) is 0 Å². The standard InChI is InChI=1S/C12H12Cl2N2/c1-3-7-5-6-8(4-2)10-9(7)15-11(13)12(14)16-10/h5-6H,3-4H2,1-2H3. The third-order valence-electron chi connectivity index (χ3n) is 2.67. The van der Waals surface area contributed by atoms with Gasteiger partial charge in [0.2, 0.25) is 0 Å². The summed E-state index contributed by atoms with van der Waals surface area (Å²) in [5, 5.41) is 0.550. The number of fused-ring (bicyclic) bond motifs is 1. The summed E-state index contributed by atoms with van der Waals surface area (Å²) >= 11 is 11.8. The van der Waals surface area contributed by atoms with E-state index in [-0.39, 0.29) is 10.3 Å². The van der Waals surface area contributed by atoms with Gasteiger partial charge in [-0.1, -0.05) is 49.2 Å². The van der Waals surface area contributed by atoms with Crippen LogP contribution in [0.2, 0.25) is 10.3 Å². The number of halogens is 2. The highest BCUT2D eigenvalue weighted by atomic mass is 35.5. The molecule has 0 radical (unpaired) electrons. The van der Waals surface area contributed by atoms with Gasteiger partial charge in [0.25, 0.3) is 0 Å². The number of nitrogens with zero attached hydrogens (tertiary/aromatic N) is 2. The zero-order valence-electron chi connectivity index (χ0n) is 9.22. The Morgan fingerprint density at radius 2 is 1.25 bits per heavy atom. The molecule has 0 unspecified atom stereocenters. The monoisotopic (exact) mass is 254 g/mol. The van der Waals surface area contributed by atoms with Gasteiger partial charge in [-0.3, -0.25) is 0 Å². The van der Waals surface area contributed by atoms with Gasteiger partial charge in [-0.25, -0.2) is 9.97 Å². The first kappa shape index (κ1) is 11.6. The van der Waals surface area contributed by atoms with Gasteiger partial charge in [-0.15, -0.1) is 0 Å². The average molecular weight is 255 g/mol. The van der Waals surface area contributed by atoms with Crippen molar-refractivity contribution in [2.24, 2.45) is 0 Å². The molecule has 1 heterocycles. The number of benzene rings is 1. The van der Waals surface area contributed by atoms with Gasteiger partial charge in [0.1, 0.15) is 0 Å². The summed E-state index contributed by atoms with van der Waals surface area (Å²) in [5.74, 6) is 0. The number of rotatable bonds is 2. The first-order chi connectivity index (χ1) is 7.67. The Kier molecular flexibility index (Phi) is 3.31. The van der Waals surface area contributed by atoms with Crippen molar-refractivity contribution in [1.82, 2.24) is 9.97 Å². The molecule has 2 rings (SSSR count). The van der Waals surface area contributed by atoms with Crippen molar-refractivity contribution in [3.8, 4) is 0 Å². The van der Waals surface area contributed by atoms with Crippen molar-refractivity contribution in [2.75, 3.05) is 0 Å². The summed E-state index contributed by atoms with van der Waals surface area (Å²) in [5.41, 5.74) is 4.05. The zero-order chi connectivity index (χ0) is 11.7. The van der Waals surface area contributed by atoms with Crippen LogP contribution in [0.25, 0.3) is 11.0 Å². The van der Waals surface area contributed by atoms with E-state index in [9.17, 15) is 0 Å². The van der Waals surface area contributed by atoms with Gasteiger partial charge < -0.3 is 0 Å². The Morgan fingerprint density at radius 1 is 0.875 bits per heavy atom. The Balaban J connectivity index is 2.85. The van der Waals surface area contributed by atoms with Crippen LogP contribution in [0.4, 0.5) is 0 Å². The Bertz CT molecular complexity index is 490. The highest BCUT2D eigenvalue weighted by Gasteiger charge is 2.10. The number of aryl methyl sites for hydroxylation is 2. The maximum absolute atomic E-state index is 5.91. The van der Waals surface area contributed by atoms with Crippen LogP contribution in [0.5, 0.6) is 0 Å². The van der Waals surface area contributed by atoms with Gasteiger partial charge in [0.15, 0.2) is 10.3 Å². The van der Waals surface area contributed by atoms with Crippen molar-refractivity contribution in [2.45, 2.75) is 26.7 Å². The lowest BCUT2D eigenvalue weighted by Crippen LogP contribution is -1.96. The minimum atomic E-state index is 0.275. The first-order valence-electron chi connectivity index (χ1n) is 5.30. The summed E-state index contributed by atoms with van der Waals surface area (Å²) < 4.78 is 0. The molecule has 0 N–H and O–H groups in total. The fourth-order valence-corrected chi connectivity index (χ4v) is 2.03. The lowest BCUT2D eigenvalue weighted by atomic mass is 10.0. The van der Waals surface area contributed by atoms with Crippen LogP contribution < -0.4 is 0 Å². The lowest BCUT2D eigenvalue weighted by Gasteiger charge is -2.08. The first-order valence-corrected chi connectivity index (χ1v) is 6.06. The molecular weight excluding hydrogens is 243 g/mol. The van der Waals surface area contributed by atoms with E-state index in [2.05, 4.69) is 35.9 Å². The highest BCUT2D eigenvalue weighted by Crippen LogP contribution is 2.26. The van der Waals surface area contributed by atoms with Crippen LogP contribution in [-0.2, 0) is 12.8 Å². The van der Waals surface area contributed by atoms with Crippen LogP contribution in [-0.4, -0.2) is 9.97 Å². The van der Waals surface area contributed by atoms with Gasteiger partial charge in [-0.2, -0.15) is 0 Å². The quantitative estimate of drug-likeness (QED) is 0.808. The molecule has 1 aromatic heterocycles. The number of hydrogen-bond donors (Lipinski definition) is 0. The van der Waals surface area contributed by atoms with Crippen molar-refractivity contribution >= 4 is 34.2 Å². The summed E-state index contributed by atoms with van der Waals surface area (Å²) in [6.07, 6.45) is 1.82. The SMILES string of the molecule is CCc1ccc(CC)c2nc(Cl)c(Cl)nc12. The summed E-state index contributed by atoms with van der Waals surface area (Å²) in [6, 6.07) is 4.17. The molecule has 0 aliphatic heterocycles. The lowest BCUT2D eigenvalue weighted by molar-refractivity contribution is 1.10. The van der Waals surface area contributed by atoms with Crippen LogP contribution in [0.15, 0.2) is 12.1 Å². The molecule has 0 saturated carbocycles. The molecule has 84 valence electrons. The average Bonchev–Trinajstić information content (AvgIpc) is 2.29. The minimum absolute atomic E-state index is 0.275. The number of aromatic nitrogens is 2. The van der Waals surface area contributed by atoms with Crippen molar-refractivity contribution in [3.05, 3.63) is 33.6 Å². The normalized spacial score (nSPS) is 11.0. The minimum Gasteiger partial charge on any atom is -0.231 e. The molecule has 16 heavy (non-hydrogen) atoms. The maximum Gasteiger partial charge on any atom is 0.167 e. The van der Waals surface area contributed by atoms with Crippen molar-refractivity contribution in [3.63, 3.8) is 0 Å². The fraction of sp³-hybridized carbons (Fsp3) is 0.333. The van der Waals surface area contributed by atoms with E-state index in [0.717, 1.165) is 35.0 Å². The second kappa shape index (κ2) is 4.56. The number of hydrogen-bond acceptors (Lipinski definition) is 2. The fourth-order valence-electron chi connectivity index (χ4n) is 1.77. The predicted molar refractivity (Wildman–Crippen MR) is 68.3 cm³/mol. The summed E-state index contributed by atoms with van der Waals surface area (Å²) in [7, 11) is 0. The Morgan fingerprint density at radius 3 is 1.56 bits per heavy atom. The third kappa shape index (κ3) is 1.87. The Hall–Kier alpha value is -0.860. The molecule has 0 amide bonds. The third-order valence-corrected chi connectivity index (χ3v) is 3.29. The van der Waals surface area contributed by atoms with E-state index < -0.39 is 0 Å². The Labute approximate surface area is 105 Å². The molecule has 0 atom stereocenters. The van der Waals surface area contributed by atoms with Crippen LogP contribution in [0, 0.1) is 0 Å². The van der Waals surface area contributed by atoms with Gasteiger partial charge in [0.05, 0.1) is 11.0 Å². The van der Waals surface area contributed by atoms with Crippen LogP contribution >= 0.6 is 23.2 Å². The zero-order valence-corrected chi connectivity index (χ0v) is 10.7. The molecule has 1 aromatic carbocycles. The molecule has 2 aromatic rings. The molecule has 0 saturated heterocycles.